The molecule has 0 radical (unpaired) electrons. The summed E-state index contributed by atoms with van der Waals surface area (Å²) in [7, 11) is 0. The zero-order chi connectivity index (χ0) is 15.7. The lowest BCUT2D eigenvalue weighted by Crippen LogP contribution is -2.32. The number of carboxylic acid groups (broad SMARTS) is 1. The van der Waals surface area contributed by atoms with Crippen LogP contribution < -0.4 is 5.73 Å². The van der Waals surface area contributed by atoms with Gasteiger partial charge in [0.25, 0.3) is 0 Å². The van der Waals surface area contributed by atoms with Crippen LogP contribution in [0.1, 0.15) is 11.3 Å². The molecular formula is C17H17N3O2. The van der Waals surface area contributed by atoms with Gasteiger partial charge in [-0.1, -0.05) is 36.4 Å². The fourth-order valence-corrected chi connectivity index (χ4v) is 2.57. The topological polar surface area (TPSA) is 80.6 Å². The van der Waals surface area contributed by atoms with Crippen molar-refractivity contribution in [3.8, 4) is 11.3 Å². The Balaban J connectivity index is 2.22. The third-order valence-electron chi connectivity index (χ3n) is 3.72. The molecule has 0 aliphatic heterocycles. The van der Waals surface area contributed by atoms with Gasteiger partial charge < -0.3 is 15.2 Å². The number of imidazole rings is 1. The van der Waals surface area contributed by atoms with Gasteiger partial charge in [0.15, 0.2) is 0 Å². The third-order valence-corrected chi connectivity index (χ3v) is 3.72. The average Bonchev–Trinajstić information content (AvgIpc) is 2.88. The summed E-state index contributed by atoms with van der Waals surface area (Å²) in [5, 5.41) is 9.11. The zero-order valence-electron chi connectivity index (χ0n) is 12.2. The molecule has 3 N–H and O–H groups in total. The van der Waals surface area contributed by atoms with E-state index in [0.29, 0.717) is 0 Å². The maximum absolute atomic E-state index is 11.1. The van der Waals surface area contributed by atoms with E-state index in [4.69, 9.17) is 15.8 Å². The molecule has 3 rings (SSSR count). The first-order valence-corrected chi connectivity index (χ1v) is 7.08. The second-order valence-corrected chi connectivity index (χ2v) is 5.31. The summed E-state index contributed by atoms with van der Waals surface area (Å²) in [6.07, 6.45) is 2.12. The Morgan fingerprint density at radius 3 is 2.68 bits per heavy atom. The Morgan fingerprint density at radius 1 is 1.27 bits per heavy atom. The highest BCUT2D eigenvalue weighted by molar-refractivity contribution is 5.75. The largest absolute Gasteiger partial charge is 0.480 e. The first-order valence-electron chi connectivity index (χ1n) is 7.08. The average molecular weight is 295 g/mol. The number of pyridine rings is 1. The maximum Gasteiger partial charge on any atom is 0.320 e. The lowest BCUT2D eigenvalue weighted by atomic mass is 10.1. The van der Waals surface area contributed by atoms with Crippen LogP contribution in [0.4, 0.5) is 0 Å². The van der Waals surface area contributed by atoms with E-state index in [1.54, 1.807) is 0 Å². The summed E-state index contributed by atoms with van der Waals surface area (Å²) in [4.78, 5) is 15.8. The molecule has 0 amide bonds. The number of nitrogens with two attached hydrogens (primary N) is 1. The molecule has 3 aromatic rings. The van der Waals surface area contributed by atoms with Gasteiger partial charge in [0, 0.05) is 18.2 Å². The molecule has 0 spiro atoms. The van der Waals surface area contributed by atoms with Crippen molar-refractivity contribution in [2.24, 2.45) is 5.73 Å². The second-order valence-electron chi connectivity index (χ2n) is 5.31. The quantitative estimate of drug-likeness (QED) is 0.773. The van der Waals surface area contributed by atoms with E-state index < -0.39 is 12.0 Å². The number of benzene rings is 1. The highest BCUT2D eigenvalue weighted by atomic mass is 16.4. The van der Waals surface area contributed by atoms with Crippen LogP contribution in [0.25, 0.3) is 16.9 Å². The molecule has 0 saturated heterocycles. The number of aryl methyl sites for hydroxylation is 1. The first kappa shape index (κ1) is 14.3. The van der Waals surface area contributed by atoms with Crippen LogP contribution in [0.15, 0.2) is 48.7 Å². The van der Waals surface area contributed by atoms with Crippen molar-refractivity contribution in [2.75, 3.05) is 0 Å². The predicted octanol–water partition coefficient (Wildman–Crippen LogP) is 2.26. The van der Waals surface area contributed by atoms with Crippen molar-refractivity contribution in [1.29, 1.82) is 0 Å². The number of rotatable bonds is 4. The Morgan fingerprint density at radius 2 is 2.00 bits per heavy atom. The predicted molar refractivity (Wildman–Crippen MR) is 84.7 cm³/mol. The molecule has 0 aliphatic rings. The van der Waals surface area contributed by atoms with Gasteiger partial charge in [-0.15, -0.1) is 0 Å². The summed E-state index contributed by atoms with van der Waals surface area (Å²) >= 11 is 0. The normalized spacial score (nSPS) is 12.5. The lowest BCUT2D eigenvalue weighted by Gasteiger charge is -2.09. The summed E-state index contributed by atoms with van der Waals surface area (Å²) in [5.74, 6) is -1.01. The van der Waals surface area contributed by atoms with Crippen molar-refractivity contribution in [3.63, 3.8) is 0 Å². The molecule has 0 fully saturated rings. The molecule has 112 valence electrons. The molecule has 0 aliphatic carbocycles. The maximum atomic E-state index is 11.1. The fourth-order valence-electron chi connectivity index (χ4n) is 2.57. The molecule has 1 unspecified atom stereocenters. The number of fused-ring (bicyclic) bond motifs is 1. The highest BCUT2D eigenvalue weighted by Gasteiger charge is 2.20. The van der Waals surface area contributed by atoms with Gasteiger partial charge in [-0.05, 0) is 18.6 Å². The minimum absolute atomic E-state index is 0.226. The molecule has 0 saturated carbocycles. The van der Waals surface area contributed by atoms with E-state index in [-0.39, 0.29) is 6.42 Å². The smallest absolute Gasteiger partial charge is 0.320 e. The minimum Gasteiger partial charge on any atom is -0.480 e. The lowest BCUT2D eigenvalue weighted by molar-refractivity contribution is -0.138. The summed E-state index contributed by atoms with van der Waals surface area (Å²) < 4.78 is 1.93. The number of aromatic nitrogens is 2. The standard InChI is InChI=1S/C17H17N3O2/c1-11-6-5-9-20-14(10-13(18)17(21)22)15(19-16(11)20)12-7-3-2-4-8-12/h2-9,13H,10,18H2,1H3,(H,21,22). The second kappa shape index (κ2) is 5.61. The van der Waals surface area contributed by atoms with Crippen LogP contribution in [0, 0.1) is 6.92 Å². The van der Waals surface area contributed by atoms with Crippen molar-refractivity contribution in [3.05, 3.63) is 59.9 Å². The molecule has 22 heavy (non-hydrogen) atoms. The van der Waals surface area contributed by atoms with Crippen LogP contribution in [0.3, 0.4) is 0 Å². The van der Waals surface area contributed by atoms with Gasteiger partial charge >= 0.3 is 5.97 Å². The van der Waals surface area contributed by atoms with E-state index in [1.807, 2.05) is 60.0 Å². The number of nitrogens with zero attached hydrogens (tertiary/aromatic N) is 2. The van der Waals surface area contributed by atoms with Crippen LogP contribution in [0.2, 0.25) is 0 Å². The van der Waals surface area contributed by atoms with E-state index in [9.17, 15) is 4.79 Å². The molecule has 5 heteroatoms. The van der Waals surface area contributed by atoms with Gasteiger partial charge in [0.05, 0.1) is 11.4 Å². The first-order chi connectivity index (χ1) is 10.6. The van der Waals surface area contributed by atoms with Crippen molar-refractivity contribution in [2.45, 2.75) is 19.4 Å². The molecule has 0 bridgehead atoms. The molecule has 2 aromatic heterocycles. The zero-order valence-corrected chi connectivity index (χ0v) is 12.2. The Bertz CT molecular complexity index is 825. The number of hydrogen-bond acceptors (Lipinski definition) is 3. The minimum atomic E-state index is -1.01. The molecule has 1 aromatic carbocycles. The SMILES string of the molecule is Cc1cccn2c(CC(N)C(=O)O)c(-c3ccccc3)nc12. The van der Waals surface area contributed by atoms with Crippen molar-refractivity contribution < 1.29 is 9.90 Å². The molecule has 5 nitrogen and oxygen atoms in total. The van der Waals surface area contributed by atoms with E-state index in [0.717, 1.165) is 28.2 Å². The van der Waals surface area contributed by atoms with Gasteiger partial charge in [-0.25, -0.2) is 4.98 Å². The van der Waals surface area contributed by atoms with E-state index in [1.165, 1.54) is 0 Å². The molecular weight excluding hydrogens is 278 g/mol. The fraction of sp³-hybridized carbons (Fsp3) is 0.176. The van der Waals surface area contributed by atoms with E-state index in [2.05, 4.69) is 0 Å². The Hall–Kier alpha value is -2.66. The Labute approximate surface area is 128 Å². The van der Waals surface area contributed by atoms with Crippen LogP contribution in [-0.4, -0.2) is 26.5 Å². The van der Waals surface area contributed by atoms with Gasteiger partial charge in [0.1, 0.15) is 11.7 Å². The number of aliphatic carboxylic acids is 1. The van der Waals surface area contributed by atoms with Gasteiger partial charge in [-0.3, -0.25) is 4.79 Å². The van der Waals surface area contributed by atoms with Gasteiger partial charge in [-0.2, -0.15) is 0 Å². The van der Waals surface area contributed by atoms with Crippen LogP contribution in [0.5, 0.6) is 0 Å². The van der Waals surface area contributed by atoms with Crippen LogP contribution in [-0.2, 0) is 11.2 Å². The molecule has 2 heterocycles. The summed E-state index contributed by atoms with van der Waals surface area (Å²) in [6.45, 7) is 1.98. The summed E-state index contributed by atoms with van der Waals surface area (Å²) in [5.41, 5.74) is 10.2. The third kappa shape index (κ3) is 2.46. The monoisotopic (exact) mass is 295 g/mol. The van der Waals surface area contributed by atoms with Crippen molar-refractivity contribution in [1.82, 2.24) is 9.38 Å². The molecule has 1 atom stereocenters. The number of carboxylic acids is 1. The number of hydrogen-bond donors (Lipinski definition) is 2. The van der Waals surface area contributed by atoms with Crippen LogP contribution >= 0.6 is 0 Å². The Kier molecular flexibility index (Phi) is 3.65. The summed E-state index contributed by atoms with van der Waals surface area (Å²) in [6, 6.07) is 12.7. The van der Waals surface area contributed by atoms with E-state index >= 15 is 0 Å². The highest BCUT2D eigenvalue weighted by Crippen LogP contribution is 2.26. The van der Waals surface area contributed by atoms with Gasteiger partial charge in [0.2, 0.25) is 0 Å². The van der Waals surface area contributed by atoms with Crippen molar-refractivity contribution >= 4 is 11.6 Å². The number of carbonyl (C=O) groups is 1.